The first-order valence-corrected chi connectivity index (χ1v) is 13.9. The summed E-state index contributed by atoms with van der Waals surface area (Å²) in [6.45, 7) is 8.09. The first-order valence-electron chi connectivity index (χ1n) is 11.3. The molecule has 186 valence electrons. The molecule has 0 radical (unpaired) electrons. The number of nitrogens with zero attached hydrogens (tertiary/aromatic N) is 2. The van der Waals surface area contributed by atoms with Gasteiger partial charge in [0.05, 0.1) is 11.9 Å². The van der Waals surface area contributed by atoms with Gasteiger partial charge in [-0.25, -0.2) is 8.42 Å². The average Bonchev–Trinajstić information content (AvgIpc) is 2.77. The molecule has 0 bridgehead atoms. The van der Waals surface area contributed by atoms with E-state index in [0.29, 0.717) is 18.7 Å². The topological polar surface area (TPSA) is 86.8 Å². The highest BCUT2D eigenvalue weighted by atomic mass is 79.9. The van der Waals surface area contributed by atoms with E-state index in [-0.39, 0.29) is 18.4 Å². The van der Waals surface area contributed by atoms with Gasteiger partial charge in [0.2, 0.25) is 21.8 Å². The summed E-state index contributed by atoms with van der Waals surface area (Å²) in [5.74, 6) is -0.420. The predicted octanol–water partition coefficient (Wildman–Crippen LogP) is 4.10. The van der Waals surface area contributed by atoms with E-state index < -0.39 is 28.5 Å². The monoisotopic (exact) mass is 551 g/mol. The van der Waals surface area contributed by atoms with Crippen molar-refractivity contribution in [1.29, 1.82) is 0 Å². The summed E-state index contributed by atoms with van der Waals surface area (Å²) in [5, 5.41) is 2.92. The molecule has 2 rings (SSSR count). The Kier molecular flexibility index (Phi) is 10.1. The lowest BCUT2D eigenvalue weighted by molar-refractivity contribution is -0.140. The van der Waals surface area contributed by atoms with Crippen molar-refractivity contribution in [1.82, 2.24) is 10.2 Å². The molecule has 2 amide bonds. The van der Waals surface area contributed by atoms with Gasteiger partial charge < -0.3 is 10.2 Å². The van der Waals surface area contributed by atoms with Crippen molar-refractivity contribution in [3.05, 3.63) is 64.1 Å². The molecule has 0 aliphatic carbocycles. The lowest BCUT2D eigenvalue weighted by Gasteiger charge is -2.33. The van der Waals surface area contributed by atoms with Crippen LogP contribution in [0, 0.1) is 12.8 Å². The van der Waals surface area contributed by atoms with E-state index >= 15 is 0 Å². The Morgan fingerprint density at radius 3 is 2.21 bits per heavy atom. The van der Waals surface area contributed by atoms with E-state index in [1.54, 1.807) is 24.3 Å². The maximum atomic E-state index is 13.6. The first-order chi connectivity index (χ1) is 15.9. The number of sulfonamides is 1. The van der Waals surface area contributed by atoms with Crippen LogP contribution in [0.4, 0.5) is 5.69 Å². The van der Waals surface area contributed by atoms with Gasteiger partial charge in [0.25, 0.3) is 0 Å². The lowest BCUT2D eigenvalue weighted by atomic mass is 10.1. The number of rotatable bonds is 11. The summed E-state index contributed by atoms with van der Waals surface area (Å²) in [4.78, 5) is 28.2. The zero-order valence-electron chi connectivity index (χ0n) is 20.4. The Bertz CT molecular complexity index is 1090. The van der Waals surface area contributed by atoms with Gasteiger partial charge in [-0.1, -0.05) is 61.0 Å². The van der Waals surface area contributed by atoms with Gasteiger partial charge in [0.1, 0.15) is 12.6 Å². The standard InChI is InChI=1S/C25H34BrN3O4S/c1-6-23(25(31)27-15-18(2)3)28(16-20-10-8-7-9-19(20)4)24(30)17-29(34(5,32)33)22-13-11-21(26)12-14-22/h7-14,18,23H,6,15-17H2,1-5H3,(H,27,31)/t23-/m0/s1. The van der Waals surface area contributed by atoms with Gasteiger partial charge in [-0.15, -0.1) is 0 Å². The normalized spacial score (nSPS) is 12.3. The van der Waals surface area contributed by atoms with E-state index in [1.807, 2.05) is 52.0 Å². The van der Waals surface area contributed by atoms with Crippen molar-refractivity contribution < 1.29 is 18.0 Å². The van der Waals surface area contributed by atoms with Crippen LogP contribution < -0.4 is 9.62 Å². The number of anilines is 1. The number of benzene rings is 2. The summed E-state index contributed by atoms with van der Waals surface area (Å²) < 4.78 is 27.1. The molecule has 34 heavy (non-hydrogen) atoms. The van der Waals surface area contributed by atoms with Gasteiger partial charge in [-0.2, -0.15) is 0 Å². The molecule has 0 saturated heterocycles. The molecule has 0 aromatic heterocycles. The Morgan fingerprint density at radius 2 is 1.68 bits per heavy atom. The number of carbonyl (C=O) groups is 2. The molecule has 2 aromatic carbocycles. The minimum Gasteiger partial charge on any atom is -0.354 e. The number of carbonyl (C=O) groups excluding carboxylic acids is 2. The van der Waals surface area contributed by atoms with Crippen LogP contribution in [0.2, 0.25) is 0 Å². The zero-order valence-corrected chi connectivity index (χ0v) is 22.8. The highest BCUT2D eigenvalue weighted by Crippen LogP contribution is 2.22. The Balaban J connectivity index is 2.42. The summed E-state index contributed by atoms with van der Waals surface area (Å²) in [5.41, 5.74) is 2.28. The molecule has 9 heteroatoms. The van der Waals surface area contributed by atoms with Gasteiger partial charge in [0.15, 0.2) is 0 Å². The smallest absolute Gasteiger partial charge is 0.244 e. The highest BCUT2D eigenvalue weighted by molar-refractivity contribution is 9.10. The van der Waals surface area contributed by atoms with Crippen molar-refractivity contribution >= 4 is 43.5 Å². The number of halogens is 1. The minimum absolute atomic E-state index is 0.205. The molecule has 0 fully saturated rings. The second-order valence-electron chi connectivity index (χ2n) is 8.76. The van der Waals surface area contributed by atoms with E-state index in [4.69, 9.17) is 0 Å². The third kappa shape index (κ3) is 7.84. The molecular formula is C25H34BrN3O4S. The fourth-order valence-corrected chi connectivity index (χ4v) is 4.65. The van der Waals surface area contributed by atoms with Crippen LogP contribution in [-0.4, -0.2) is 50.5 Å². The van der Waals surface area contributed by atoms with Gasteiger partial charge in [-0.05, 0) is 54.7 Å². The van der Waals surface area contributed by atoms with Crippen molar-refractivity contribution in [3.63, 3.8) is 0 Å². The molecular weight excluding hydrogens is 518 g/mol. The van der Waals surface area contributed by atoms with Gasteiger partial charge in [-0.3, -0.25) is 13.9 Å². The third-order valence-electron chi connectivity index (χ3n) is 5.47. The van der Waals surface area contributed by atoms with Crippen molar-refractivity contribution in [3.8, 4) is 0 Å². The molecule has 7 nitrogen and oxygen atoms in total. The number of hydrogen-bond donors (Lipinski definition) is 1. The number of amides is 2. The van der Waals surface area contributed by atoms with Crippen LogP contribution in [0.5, 0.6) is 0 Å². The second kappa shape index (κ2) is 12.4. The van der Waals surface area contributed by atoms with E-state index in [1.165, 1.54) is 4.90 Å². The quantitative estimate of drug-likeness (QED) is 0.455. The molecule has 1 atom stereocenters. The molecule has 0 spiro atoms. The first kappa shape index (κ1) is 27.9. The van der Waals surface area contributed by atoms with Crippen molar-refractivity contribution in [2.24, 2.45) is 5.92 Å². The van der Waals surface area contributed by atoms with Crippen LogP contribution in [0.25, 0.3) is 0 Å². The highest BCUT2D eigenvalue weighted by Gasteiger charge is 2.31. The summed E-state index contributed by atoms with van der Waals surface area (Å²) >= 11 is 3.34. The minimum atomic E-state index is -3.74. The SMILES string of the molecule is CC[C@@H](C(=O)NCC(C)C)N(Cc1ccccc1C)C(=O)CN(c1ccc(Br)cc1)S(C)(=O)=O. The Morgan fingerprint density at radius 1 is 1.06 bits per heavy atom. The summed E-state index contributed by atoms with van der Waals surface area (Å²) in [7, 11) is -3.74. The number of nitrogens with one attached hydrogen (secondary N) is 1. The third-order valence-corrected chi connectivity index (χ3v) is 7.14. The van der Waals surface area contributed by atoms with Crippen LogP contribution >= 0.6 is 15.9 Å². The molecule has 0 heterocycles. The molecule has 0 saturated carbocycles. The van der Waals surface area contributed by atoms with Crippen LogP contribution in [0.3, 0.4) is 0 Å². The summed E-state index contributed by atoms with van der Waals surface area (Å²) in [6.07, 6.45) is 1.47. The molecule has 1 N–H and O–H groups in total. The zero-order chi connectivity index (χ0) is 25.5. The van der Waals surface area contributed by atoms with E-state index in [0.717, 1.165) is 26.2 Å². The number of aryl methyl sites for hydroxylation is 1. The second-order valence-corrected chi connectivity index (χ2v) is 11.6. The van der Waals surface area contributed by atoms with Crippen LogP contribution in [0.15, 0.2) is 53.0 Å². The molecule has 0 unspecified atom stereocenters. The Labute approximate surface area is 211 Å². The molecule has 0 aliphatic heterocycles. The summed E-state index contributed by atoms with van der Waals surface area (Å²) in [6, 6.07) is 13.6. The maximum absolute atomic E-state index is 13.6. The van der Waals surface area contributed by atoms with Gasteiger partial charge >= 0.3 is 0 Å². The lowest BCUT2D eigenvalue weighted by Crippen LogP contribution is -2.52. The predicted molar refractivity (Wildman–Crippen MR) is 140 cm³/mol. The van der Waals surface area contributed by atoms with E-state index in [9.17, 15) is 18.0 Å². The fourth-order valence-electron chi connectivity index (χ4n) is 3.53. The van der Waals surface area contributed by atoms with Crippen molar-refractivity contribution in [2.75, 3.05) is 23.7 Å². The van der Waals surface area contributed by atoms with E-state index in [2.05, 4.69) is 21.2 Å². The fraction of sp³-hybridized carbons (Fsp3) is 0.440. The van der Waals surface area contributed by atoms with Gasteiger partial charge in [0, 0.05) is 17.6 Å². The van der Waals surface area contributed by atoms with Crippen LogP contribution in [0.1, 0.15) is 38.3 Å². The maximum Gasteiger partial charge on any atom is 0.244 e. The number of hydrogen-bond acceptors (Lipinski definition) is 4. The Hall–Kier alpha value is -2.39. The van der Waals surface area contributed by atoms with Crippen LogP contribution in [-0.2, 0) is 26.2 Å². The molecule has 2 aromatic rings. The average molecular weight is 553 g/mol. The van der Waals surface area contributed by atoms with Crippen molar-refractivity contribution in [2.45, 2.75) is 46.7 Å². The molecule has 0 aliphatic rings. The largest absolute Gasteiger partial charge is 0.354 e.